The molecule has 1 aliphatic heterocycles. The summed E-state index contributed by atoms with van der Waals surface area (Å²) in [5, 5.41) is 4.09. The summed E-state index contributed by atoms with van der Waals surface area (Å²) in [4.78, 5) is 13.3. The molecule has 1 atom stereocenters. The van der Waals surface area contributed by atoms with Crippen molar-refractivity contribution in [3.05, 3.63) is 29.5 Å². The lowest BCUT2D eigenvalue weighted by atomic mass is 10.2. The lowest BCUT2D eigenvalue weighted by Crippen LogP contribution is -2.17. The van der Waals surface area contributed by atoms with Gasteiger partial charge in [-0.1, -0.05) is 17.7 Å². The van der Waals surface area contributed by atoms with Crippen LogP contribution in [-0.2, 0) is 4.74 Å². The fourth-order valence-electron chi connectivity index (χ4n) is 3.09. The van der Waals surface area contributed by atoms with Crippen LogP contribution < -0.4 is 10.1 Å². The molecule has 1 aromatic carbocycles. The Balaban J connectivity index is 1.76. The predicted molar refractivity (Wildman–Crippen MR) is 103 cm³/mol. The Morgan fingerprint density at radius 3 is 3.00 bits per heavy atom. The van der Waals surface area contributed by atoms with Crippen LogP contribution in [0, 0.1) is 0 Å². The zero-order valence-corrected chi connectivity index (χ0v) is 15.8. The number of ether oxygens (including phenoxy) is 2. The first-order valence-corrected chi connectivity index (χ1v) is 9.14. The second kappa shape index (κ2) is 7.30. The number of hydrogen-bond donors (Lipinski definition) is 2. The van der Waals surface area contributed by atoms with Gasteiger partial charge in [0.1, 0.15) is 6.23 Å². The van der Waals surface area contributed by atoms with Crippen LogP contribution in [0.15, 0.2) is 29.7 Å². The van der Waals surface area contributed by atoms with E-state index in [1.165, 1.54) is 0 Å². The van der Waals surface area contributed by atoms with E-state index in [4.69, 9.17) is 21.1 Å². The fraction of sp³-hybridized carbons (Fsp3) is 0.353. The number of nitrogens with zero attached hydrogens (tertiary/aromatic N) is 4. The van der Waals surface area contributed by atoms with Crippen molar-refractivity contribution in [1.29, 1.82) is 0 Å². The van der Waals surface area contributed by atoms with Crippen molar-refractivity contribution in [1.82, 2.24) is 19.5 Å². The van der Waals surface area contributed by atoms with Crippen molar-refractivity contribution >= 4 is 46.9 Å². The molecule has 1 unspecified atom stereocenters. The number of rotatable bonds is 4. The van der Waals surface area contributed by atoms with E-state index in [1.807, 2.05) is 16.7 Å². The number of para-hydroxylation sites is 1. The summed E-state index contributed by atoms with van der Waals surface area (Å²) in [6, 6.07) is 5.46. The van der Waals surface area contributed by atoms with Crippen LogP contribution in [-0.4, -0.2) is 33.2 Å². The Morgan fingerprint density at radius 1 is 1.35 bits per heavy atom. The third kappa shape index (κ3) is 3.20. The van der Waals surface area contributed by atoms with Crippen molar-refractivity contribution in [3.8, 4) is 5.75 Å². The molecule has 0 amide bonds. The molecule has 0 spiro atoms. The summed E-state index contributed by atoms with van der Waals surface area (Å²) in [6.07, 6.45) is 4.81. The smallest absolute Gasteiger partial charge is 0.188 e. The molecule has 2 aromatic heterocycles. The molecule has 3 heterocycles. The Hall–Kier alpha value is -2.03. The maximum absolute atomic E-state index is 6.20. The number of nitrogens with one attached hydrogen (secondary N) is 1. The lowest BCUT2D eigenvalue weighted by molar-refractivity contribution is -0.0298. The highest BCUT2D eigenvalue weighted by Gasteiger charge is 2.21. The number of fused-ring (bicyclic) bond motifs is 1. The lowest BCUT2D eigenvalue weighted by Gasteiger charge is -2.23. The molecule has 1 saturated heterocycles. The van der Waals surface area contributed by atoms with Gasteiger partial charge in [-0.15, -0.1) is 12.6 Å². The zero-order valence-electron chi connectivity index (χ0n) is 14.1. The summed E-state index contributed by atoms with van der Waals surface area (Å²) in [5.41, 5.74) is 2.01. The van der Waals surface area contributed by atoms with Crippen LogP contribution in [0.4, 0.5) is 11.5 Å². The summed E-state index contributed by atoms with van der Waals surface area (Å²) in [7, 11) is 1.57. The summed E-state index contributed by atoms with van der Waals surface area (Å²) < 4.78 is 13.2. The predicted octanol–water partition coefficient (Wildman–Crippen LogP) is 4.22. The second-order valence-electron chi connectivity index (χ2n) is 5.96. The number of methoxy groups -OCH3 is 1. The number of hydrogen-bond acceptors (Lipinski definition) is 7. The molecule has 9 heteroatoms. The number of benzene rings is 1. The van der Waals surface area contributed by atoms with Crippen molar-refractivity contribution in [2.75, 3.05) is 19.0 Å². The molecule has 26 heavy (non-hydrogen) atoms. The van der Waals surface area contributed by atoms with Crippen LogP contribution >= 0.6 is 24.2 Å². The minimum absolute atomic E-state index is 0.0649. The molecule has 7 nitrogen and oxygen atoms in total. The summed E-state index contributed by atoms with van der Waals surface area (Å²) in [6.45, 7) is 0.744. The third-order valence-corrected chi connectivity index (χ3v) is 4.80. The van der Waals surface area contributed by atoms with Gasteiger partial charge >= 0.3 is 0 Å². The van der Waals surface area contributed by atoms with E-state index in [-0.39, 0.29) is 6.23 Å². The number of aromatic nitrogens is 4. The minimum Gasteiger partial charge on any atom is -0.493 e. The molecule has 0 bridgehead atoms. The molecular formula is C17H18ClN5O2S. The molecule has 1 N–H and O–H groups in total. The van der Waals surface area contributed by atoms with E-state index in [2.05, 4.69) is 32.9 Å². The average molecular weight is 392 g/mol. The first-order valence-electron chi connectivity index (χ1n) is 8.32. The molecule has 1 aliphatic rings. The van der Waals surface area contributed by atoms with Gasteiger partial charge in [-0.05, 0) is 31.4 Å². The average Bonchev–Trinajstić information content (AvgIpc) is 3.06. The van der Waals surface area contributed by atoms with Crippen molar-refractivity contribution in [2.24, 2.45) is 0 Å². The Morgan fingerprint density at radius 2 is 2.23 bits per heavy atom. The van der Waals surface area contributed by atoms with Gasteiger partial charge in [-0.25, -0.2) is 15.0 Å². The molecule has 0 radical (unpaired) electrons. The Labute approximate surface area is 161 Å². The molecule has 3 aromatic rings. The SMILES string of the molecule is COc1c(Cl)cccc1Nc1nc(S)nc2c1ncn2C1CCCCO1. The summed E-state index contributed by atoms with van der Waals surface area (Å²) >= 11 is 10.6. The molecule has 0 saturated carbocycles. The molecule has 136 valence electrons. The van der Waals surface area contributed by atoms with Crippen LogP contribution in [0.2, 0.25) is 5.02 Å². The maximum atomic E-state index is 6.20. The first kappa shape index (κ1) is 17.4. The van der Waals surface area contributed by atoms with E-state index in [0.717, 1.165) is 25.9 Å². The van der Waals surface area contributed by atoms with E-state index in [0.29, 0.717) is 38.6 Å². The number of imidazole rings is 1. The van der Waals surface area contributed by atoms with Crippen LogP contribution in [0.25, 0.3) is 11.2 Å². The highest BCUT2D eigenvalue weighted by molar-refractivity contribution is 7.80. The molecular weight excluding hydrogens is 374 g/mol. The van der Waals surface area contributed by atoms with Crippen LogP contribution in [0.5, 0.6) is 5.75 Å². The van der Waals surface area contributed by atoms with Gasteiger partial charge < -0.3 is 14.8 Å². The van der Waals surface area contributed by atoms with E-state index in [9.17, 15) is 0 Å². The molecule has 1 fully saturated rings. The van der Waals surface area contributed by atoms with Crippen molar-refractivity contribution in [3.63, 3.8) is 0 Å². The van der Waals surface area contributed by atoms with Gasteiger partial charge in [-0.3, -0.25) is 4.57 Å². The van der Waals surface area contributed by atoms with Crippen molar-refractivity contribution < 1.29 is 9.47 Å². The van der Waals surface area contributed by atoms with E-state index in [1.54, 1.807) is 19.5 Å². The number of thiol groups is 1. The van der Waals surface area contributed by atoms with Crippen LogP contribution in [0.1, 0.15) is 25.5 Å². The third-order valence-electron chi connectivity index (χ3n) is 4.30. The van der Waals surface area contributed by atoms with Gasteiger partial charge in [-0.2, -0.15) is 0 Å². The minimum atomic E-state index is -0.0649. The maximum Gasteiger partial charge on any atom is 0.188 e. The number of anilines is 2. The van der Waals surface area contributed by atoms with Gasteiger partial charge in [0, 0.05) is 6.61 Å². The van der Waals surface area contributed by atoms with Gasteiger partial charge in [0.2, 0.25) is 0 Å². The van der Waals surface area contributed by atoms with E-state index >= 15 is 0 Å². The number of halogens is 1. The van der Waals surface area contributed by atoms with Crippen molar-refractivity contribution in [2.45, 2.75) is 30.6 Å². The van der Waals surface area contributed by atoms with Gasteiger partial charge in [0.15, 0.2) is 27.9 Å². The fourth-order valence-corrected chi connectivity index (χ4v) is 3.53. The standard InChI is InChI=1S/C17H18ClN5O2S/c1-24-14-10(18)5-4-6-11(14)20-15-13-16(22-17(26)21-15)23(9-19-13)12-7-2-3-8-25-12/h4-6,9,12H,2-3,7-8H2,1H3,(H2,20,21,22,26). The van der Waals surface area contributed by atoms with E-state index < -0.39 is 0 Å². The largest absolute Gasteiger partial charge is 0.493 e. The highest BCUT2D eigenvalue weighted by Crippen LogP contribution is 2.36. The van der Waals surface area contributed by atoms with Gasteiger partial charge in [0.05, 0.1) is 24.1 Å². The van der Waals surface area contributed by atoms with Gasteiger partial charge in [0.25, 0.3) is 0 Å². The normalized spacial score (nSPS) is 17.4. The molecule has 4 rings (SSSR count). The molecule has 0 aliphatic carbocycles. The highest BCUT2D eigenvalue weighted by atomic mass is 35.5. The van der Waals surface area contributed by atoms with Crippen LogP contribution in [0.3, 0.4) is 0 Å². The zero-order chi connectivity index (χ0) is 18.1. The first-order chi connectivity index (χ1) is 12.7. The Bertz CT molecular complexity index is 942. The summed E-state index contributed by atoms with van der Waals surface area (Å²) in [5.74, 6) is 1.08. The quantitative estimate of drug-likeness (QED) is 0.512. The second-order valence-corrected chi connectivity index (χ2v) is 6.77. The topological polar surface area (TPSA) is 74.1 Å². The Kier molecular flexibility index (Phi) is 4.88. The monoisotopic (exact) mass is 391 g/mol.